The fourth-order valence-corrected chi connectivity index (χ4v) is 3.56. The highest BCUT2D eigenvalue weighted by Gasteiger charge is 2.17. The van der Waals surface area contributed by atoms with Crippen molar-refractivity contribution in [1.29, 1.82) is 5.26 Å². The average Bonchev–Trinajstić information content (AvgIpc) is 2.79. The molecule has 0 unspecified atom stereocenters. The van der Waals surface area contributed by atoms with Gasteiger partial charge < -0.3 is 9.80 Å². The number of benzene rings is 2. The van der Waals surface area contributed by atoms with E-state index < -0.39 is 0 Å². The summed E-state index contributed by atoms with van der Waals surface area (Å²) in [6.45, 7) is 8.23. The Hall–Kier alpha value is -3.58. The van der Waals surface area contributed by atoms with Crippen LogP contribution < -0.4 is 9.80 Å². The lowest BCUT2D eigenvalue weighted by Crippen LogP contribution is -2.46. The second-order valence-corrected chi connectivity index (χ2v) is 6.89. The Kier molecular flexibility index (Phi) is 5.07. The quantitative estimate of drug-likeness (QED) is 0.689. The zero-order valence-corrected chi connectivity index (χ0v) is 15.8. The summed E-state index contributed by atoms with van der Waals surface area (Å²) in [5.74, 6) is 0. The predicted molar refractivity (Wildman–Crippen MR) is 114 cm³/mol. The maximum absolute atomic E-state index is 8.94. The van der Waals surface area contributed by atoms with E-state index in [0.29, 0.717) is 5.56 Å². The van der Waals surface area contributed by atoms with Gasteiger partial charge in [-0.05, 0) is 53.1 Å². The first kappa shape index (κ1) is 17.8. The molecule has 1 fully saturated rings. The van der Waals surface area contributed by atoms with Crippen LogP contribution in [0.5, 0.6) is 0 Å². The third-order valence-corrected chi connectivity index (χ3v) is 5.25. The van der Waals surface area contributed by atoms with Crippen molar-refractivity contribution in [3.05, 3.63) is 96.3 Å². The van der Waals surface area contributed by atoms with E-state index in [1.807, 2.05) is 36.7 Å². The molecule has 4 rings (SSSR count). The normalized spacial score (nSPS) is 13.8. The minimum Gasteiger partial charge on any atom is -0.368 e. The highest BCUT2D eigenvalue weighted by Crippen LogP contribution is 2.25. The zero-order valence-electron chi connectivity index (χ0n) is 15.8. The number of hydrogen-bond donors (Lipinski definition) is 0. The van der Waals surface area contributed by atoms with Crippen molar-refractivity contribution in [2.24, 2.45) is 0 Å². The average molecular weight is 366 g/mol. The van der Waals surface area contributed by atoms with Gasteiger partial charge in [-0.25, -0.2) is 0 Å². The summed E-state index contributed by atoms with van der Waals surface area (Å²) < 4.78 is 0. The smallest absolute Gasteiger partial charge is 0.0991 e. The molecule has 1 aliphatic heterocycles. The Labute approximate surface area is 166 Å². The van der Waals surface area contributed by atoms with Crippen LogP contribution in [0.4, 0.5) is 11.4 Å². The molecule has 28 heavy (non-hydrogen) atoms. The van der Waals surface area contributed by atoms with Crippen molar-refractivity contribution >= 4 is 16.9 Å². The summed E-state index contributed by atoms with van der Waals surface area (Å²) in [7, 11) is 0. The van der Waals surface area contributed by atoms with E-state index in [1.54, 1.807) is 0 Å². The lowest BCUT2D eigenvalue weighted by molar-refractivity contribution is 0.653. The van der Waals surface area contributed by atoms with E-state index >= 15 is 0 Å². The van der Waals surface area contributed by atoms with Crippen LogP contribution in [-0.4, -0.2) is 31.2 Å². The SMILES string of the molecule is C=C(c1ccc(C#N)cc1)c1ccc(N2CCN(c3ccncc3)CC2)cc1. The van der Waals surface area contributed by atoms with E-state index in [1.165, 1.54) is 11.4 Å². The fourth-order valence-electron chi connectivity index (χ4n) is 3.56. The Morgan fingerprint density at radius 2 is 1.21 bits per heavy atom. The first-order chi connectivity index (χ1) is 13.7. The maximum Gasteiger partial charge on any atom is 0.0991 e. The number of aromatic nitrogens is 1. The first-order valence-electron chi connectivity index (χ1n) is 9.44. The number of anilines is 2. The van der Waals surface area contributed by atoms with Crippen LogP contribution in [0.15, 0.2) is 79.6 Å². The standard InChI is InChI=1S/C24H22N4/c1-19(21-4-2-20(18-25)3-5-21)22-6-8-23(9-7-22)27-14-16-28(17-15-27)24-10-12-26-13-11-24/h2-13H,1,14-17H2. The van der Waals surface area contributed by atoms with E-state index in [9.17, 15) is 0 Å². The summed E-state index contributed by atoms with van der Waals surface area (Å²) in [5, 5.41) is 8.94. The first-order valence-corrected chi connectivity index (χ1v) is 9.44. The summed E-state index contributed by atoms with van der Waals surface area (Å²) >= 11 is 0. The maximum atomic E-state index is 8.94. The highest BCUT2D eigenvalue weighted by molar-refractivity contribution is 5.79. The molecule has 1 aliphatic rings. The van der Waals surface area contributed by atoms with Crippen LogP contribution in [0.1, 0.15) is 16.7 Å². The van der Waals surface area contributed by atoms with Gasteiger partial charge in [-0.2, -0.15) is 5.26 Å². The Morgan fingerprint density at radius 3 is 1.71 bits per heavy atom. The number of pyridine rings is 1. The molecule has 0 radical (unpaired) electrons. The number of nitrogens with zero attached hydrogens (tertiary/aromatic N) is 4. The van der Waals surface area contributed by atoms with Crippen LogP contribution in [0.25, 0.3) is 5.57 Å². The van der Waals surface area contributed by atoms with Gasteiger partial charge in [0.05, 0.1) is 11.6 Å². The van der Waals surface area contributed by atoms with Gasteiger partial charge in [0.2, 0.25) is 0 Å². The van der Waals surface area contributed by atoms with Crippen LogP contribution in [-0.2, 0) is 0 Å². The van der Waals surface area contributed by atoms with Gasteiger partial charge in [0.15, 0.2) is 0 Å². The minimum absolute atomic E-state index is 0.665. The number of hydrogen-bond acceptors (Lipinski definition) is 4. The number of piperazine rings is 1. The van der Waals surface area contributed by atoms with Crippen LogP contribution in [0.3, 0.4) is 0 Å². The minimum atomic E-state index is 0.665. The van der Waals surface area contributed by atoms with E-state index in [0.717, 1.165) is 42.9 Å². The summed E-state index contributed by atoms with van der Waals surface area (Å²) in [5.41, 5.74) is 6.26. The molecule has 0 aliphatic carbocycles. The fraction of sp³-hybridized carbons (Fsp3) is 0.167. The molecule has 1 aromatic heterocycles. The van der Waals surface area contributed by atoms with Crippen LogP contribution in [0, 0.1) is 11.3 Å². The summed E-state index contributed by atoms with van der Waals surface area (Å²) in [4.78, 5) is 8.92. The lowest BCUT2D eigenvalue weighted by Gasteiger charge is -2.37. The molecule has 0 N–H and O–H groups in total. The van der Waals surface area contributed by atoms with Gasteiger partial charge in [0.1, 0.15) is 0 Å². The Balaban J connectivity index is 1.41. The van der Waals surface area contributed by atoms with Crippen molar-refractivity contribution in [1.82, 2.24) is 4.98 Å². The van der Waals surface area contributed by atoms with Crippen molar-refractivity contribution in [3.8, 4) is 6.07 Å². The molecule has 0 amide bonds. The zero-order chi connectivity index (χ0) is 19.3. The number of rotatable bonds is 4. The third kappa shape index (κ3) is 3.74. The second-order valence-electron chi connectivity index (χ2n) is 6.89. The molecule has 1 saturated heterocycles. The van der Waals surface area contributed by atoms with Crippen LogP contribution in [0.2, 0.25) is 0 Å². The summed E-state index contributed by atoms with van der Waals surface area (Å²) in [6, 6.07) is 22.5. The Morgan fingerprint density at radius 1 is 0.750 bits per heavy atom. The molecule has 138 valence electrons. The van der Waals surface area contributed by atoms with Crippen molar-refractivity contribution in [2.75, 3.05) is 36.0 Å². The Bertz CT molecular complexity index is 978. The van der Waals surface area contributed by atoms with E-state index in [-0.39, 0.29) is 0 Å². The molecular weight excluding hydrogens is 344 g/mol. The lowest BCUT2D eigenvalue weighted by atomic mass is 9.98. The molecule has 0 saturated carbocycles. The van der Waals surface area contributed by atoms with Crippen molar-refractivity contribution in [2.45, 2.75) is 0 Å². The van der Waals surface area contributed by atoms with Gasteiger partial charge in [-0.1, -0.05) is 30.8 Å². The highest BCUT2D eigenvalue weighted by atomic mass is 15.3. The second kappa shape index (κ2) is 7.98. The predicted octanol–water partition coefficient (Wildman–Crippen LogP) is 4.34. The van der Waals surface area contributed by atoms with Gasteiger partial charge in [-0.15, -0.1) is 0 Å². The van der Waals surface area contributed by atoms with Crippen molar-refractivity contribution < 1.29 is 0 Å². The molecule has 3 aromatic rings. The topological polar surface area (TPSA) is 43.2 Å². The van der Waals surface area contributed by atoms with Gasteiger partial charge >= 0.3 is 0 Å². The molecular formula is C24H22N4. The van der Waals surface area contributed by atoms with E-state index in [4.69, 9.17) is 5.26 Å². The molecule has 0 atom stereocenters. The monoisotopic (exact) mass is 366 g/mol. The molecule has 4 nitrogen and oxygen atoms in total. The summed E-state index contributed by atoms with van der Waals surface area (Å²) in [6.07, 6.45) is 3.70. The molecule has 2 aromatic carbocycles. The molecule has 2 heterocycles. The van der Waals surface area contributed by atoms with Crippen molar-refractivity contribution in [3.63, 3.8) is 0 Å². The number of nitriles is 1. The van der Waals surface area contributed by atoms with Gasteiger partial charge in [0.25, 0.3) is 0 Å². The largest absolute Gasteiger partial charge is 0.368 e. The molecule has 0 bridgehead atoms. The molecule has 0 spiro atoms. The van der Waals surface area contributed by atoms with Crippen LogP contribution >= 0.6 is 0 Å². The van der Waals surface area contributed by atoms with E-state index in [2.05, 4.69) is 63.8 Å². The third-order valence-electron chi connectivity index (χ3n) is 5.25. The van der Waals surface area contributed by atoms with Gasteiger partial charge in [0, 0.05) is 49.9 Å². The molecule has 4 heteroatoms. The van der Waals surface area contributed by atoms with Gasteiger partial charge in [-0.3, -0.25) is 4.98 Å².